The summed E-state index contributed by atoms with van der Waals surface area (Å²) in [5, 5.41) is 5.05. The second kappa shape index (κ2) is 10.2. The molecule has 0 bridgehead atoms. The molecule has 1 aliphatic carbocycles. The summed E-state index contributed by atoms with van der Waals surface area (Å²) in [5.41, 5.74) is 0. The maximum atomic E-state index is 12.9. The molecule has 3 rings (SSSR count). The Morgan fingerprint density at radius 3 is 2.63 bits per heavy atom. The Morgan fingerprint density at radius 2 is 2.00 bits per heavy atom. The summed E-state index contributed by atoms with van der Waals surface area (Å²) in [6.07, 6.45) is 5.53. The van der Waals surface area contributed by atoms with E-state index in [0.717, 1.165) is 37.2 Å². The SMILES string of the molecule is COCCCNC(=O)[C@H](C1CCCC1)N1CCN(C(=O)c2cccs2)CC1. The van der Waals surface area contributed by atoms with Crippen LogP contribution in [0.2, 0.25) is 0 Å². The van der Waals surface area contributed by atoms with E-state index in [1.54, 1.807) is 7.11 Å². The van der Waals surface area contributed by atoms with Crippen molar-refractivity contribution in [3.63, 3.8) is 0 Å². The van der Waals surface area contributed by atoms with Gasteiger partial charge >= 0.3 is 0 Å². The van der Waals surface area contributed by atoms with Gasteiger partial charge in [0.1, 0.15) is 0 Å². The number of nitrogens with zero attached hydrogens (tertiary/aromatic N) is 2. The van der Waals surface area contributed by atoms with Gasteiger partial charge in [-0.3, -0.25) is 14.5 Å². The summed E-state index contributed by atoms with van der Waals surface area (Å²) in [6, 6.07) is 3.74. The van der Waals surface area contributed by atoms with Crippen molar-refractivity contribution >= 4 is 23.2 Å². The minimum atomic E-state index is -0.0611. The zero-order valence-corrected chi connectivity index (χ0v) is 17.0. The number of piperazine rings is 1. The highest BCUT2D eigenvalue weighted by atomic mass is 32.1. The van der Waals surface area contributed by atoms with Crippen molar-refractivity contribution in [3.8, 4) is 0 Å². The van der Waals surface area contributed by atoms with Crippen molar-refractivity contribution in [2.75, 3.05) is 46.4 Å². The lowest BCUT2D eigenvalue weighted by Crippen LogP contribution is -2.58. The Morgan fingerprint density at radius 1 is 1.26 bits per heavy atom. The summed E-state index contributed by atoms with van der Waals surface area (Å²) >= 11 is 1.49. The lowest BCUT2D eigenvalue weighted by Gasteiger charge is -2.40. The fourth-order valence-electron chi connectivity index (χ4n) is 4.24. The van der Waals surface area contributed by atoms with Crippen LogP contribution in [0.25, 0.3) is 0 Å². The first-order valence-corrected chi connectivity index (χ1v) is 10.9. The molecular formula is C20H31N3O3S. The Labute approximate surface area is 165 Å². The number of nitrogens with one attached hydrogen (secondary N) is 1. The Balaban J connectivity index is 1.57. The van der Waals surface area contributed by atoms with E-state index in [2.05, 4.69) is 10.2 Å². The Hall–Kier alpha value is -1.44. The number of hydrogen-bond acceptors (Lipinski definition) is 5. The molecule has 7 heteroatoms. The van der Waals surface area contributed by atoms with Gasteiger partial charge in [0.2, 0.25) is 5.91 Å². The van der Waals surface area contributed by atoms with E-state index in [0.29, 0.717) is 32.2 Å². The van der Waals surface area contributed by atoms with Crippen molar-refractivity contribution in [1.82, 2.24) is 15.1 Å². The smallest absolute Gasteiger partial charge is 0.264 e. The van der Waals surface area contributed by atoms with Crippen LogP contribution in [0.4, 0.5) is 0 Å². The van der Waals surface area contributed by atoms with Gasteiger partial charge in [0.15, 0.2) is 0 Å². The summed E-state index contributed by atoms with van der Waals surface area (Å²) in [5.74, 6) is 0.703. The molecule has 1 atom stereocenters. The van der Waals surface area contributed by atoms with Crippen molar-refractivity contribution in [2.45, 2.75) is 38.1 Å². The number of methoxy groups -OCH3 is 1. The van der Waals surface area contributed by atoms with Crippen LogP contribution < -0.4 is 5.32 Å². The van der Waals surface area contributed by atoms with E-state index in [-0.39, 0.29) is 17.9 Å². The predicted octanol–water partition coefficient (Wildman–Crippen LogP) is 2.22. The molecule has 0 unspecified atom stereocenters. The van der Waals surface area contributed by atoms with Gasteiger partial charge in [-0.15, -0.1) is 11.3 Å². The van der Waals surface area contributed by atoms with Crippen molar-refractivity contribution < 1.29 is 14.3 Å². The highest BCUT2D eigenvalue weighted by Crippen LogP contribution is 2.31. The number of hydrogen-bond donors (Lipinski definition) is 1. The monoisotopic (exact) mass is 393 g/mol. The molecule has 2 amide bonds. The molecule has 1 aromatic rings. The van der Waals surface area contributed by atoms with Crippen LogP contribution >= 0.6 is 11.3 Å². The molecule has 0 aromatic carbocycles. The molecule has 1 N–H and O–H groups in total. The van der Waals surface area contributed by atoms with Crippen LogP contribution in [0.5, 0.6) is 0 Å². The molecule has 2 fully saturated rings. The van der Waals surface area contributed by atoms with Crippen LogP contribution in [-0.2, 0) is 9.53 Å². The second-order valence-corrected chi connectivity index (χ2v) is 8.38. The van der Waals surface area contributed by atoms with Crippen molar-refractivity contribution in [2.24, 2.45) is 5.92 Å². The van der Waals surface area contributed by atoms with Gasteiger partial charge in [-0.05, 0) is 36.6 Å². The van der Waals surface area contributed by atoms with Crippen molar-refractivity contribution in [1.29, 1.82) is 0 Å². The minimum absolute atomic E-state index is 0.0611. The van der Waals surface area contributed by atoms with Gasteiger partial charge < -0.3 is 15.0 Å². The molecule has 1 saturated carbocycles. The number of thiophene rings is 1. The van der Waals surface area contributed by atoms with Crippen LogP contribution in [0.3, 0.4) is 0 Å². The summed E-state index contributed by atoms with van der Waals surface area (Å²) in [6.45, 7) is 4.24. The van der Waals surface area contributed by atoms with Crippen molar-refractivity contribution in [3.05, 3.63) is 22.4 Å². The van der Waals surface area contributed by atoms with Gasteiger partial charge in [-0.25, -0.2) is 0 Å². The zero-order chi connectivity index (χ0) is 19.1. The molecule has 1 saturated heterocycles. The maximum Gasteiger partial charge on any atom is 0.264 e. The standard InChI is InChI=1S/C20H31N3O3S/c1-26-14-5-9-21-19(24)18(16-6-2-3-7-16)22-10-12-23(13-11-22)20(25)17-8-4-15-27-17/h4,8,15-16,18H,2-3,5-7,9-14H2,1H3,(H,21,24)/t18-/m0/s1. The third-order valence-electron chi connectivity index (χ3n) is 5.67. The molecule has 1 aromatic heterocycles. The van der Waals surface area contributed by atoms with Gasteiger partial charge in [-0.2, -0.15) is 0 Å². The molecule has 0 spiro atoms. The van der Waals surface area contributed by atoms with E-state index < -0.39 is 0 Å². The zero-order valence-electron chi connectivity index (χ0n) is 16.2. The summed E-state index contributed by atoms with van der Waals surface area (Å²) < 4.78 is 5.07. The van der Waals surface area contributed by atoms with E-state index in [1.165, 1.54) is 24.2 Å². The summed E-state index contributed by atoms with van der Waals surface area (Å²) in [4.78, 5) is 30.5. The van der Waals surface area contributed by atoms with Crippen LogP contribution in [0.15, 0.2) is 17.5 Å². The van der Waals surface area contributed by atoms with Crippen LogP contribution in [0.1, 0.15) is 41.8 Å². The third kappa shape index (κ3) is 5.30. The summed E-state index contributed by atoms with van der Waals surface area (Å²) in [7, 11) is 1.68. The average Bonchev–Trinajstić information content (AvgIpc) is 3.40. The Bertz CT molecular complexity index is 594. The predicted molar refractivity (Wildman–Crippen MR) is 107 cm³/mol. The van der Waals surface area contributed by atoms with Gasteiger partial charge in [0.05, 0.1) is 10.9 Å². The number of carbonyl (C=O) groups excluding carboxylic acids is 2. The van der Waals surface area contributed by atoms with E-state index in [9.17, 15) is 9.59 Å². The quantitative estimate of drug-likeness (QED) is 0.688. The first-order valence-electron chi connectivity index (χ1n) is 10.0. The Kier molecular flexibility index (Phi) is 7.67. The topological polar surface area (TPSA) is 61.9 Å². The highest BCUT2D eigenvalue weighted by Gasteiger charge is 2.37. The largest absolute Gasteiger partial charge is 0.385 e. The average molecular weight is 394 g/mol. The van der Waals surface area contributed by atoms with Gasteiger partial charge in [0, 0.05) is 46.4 Å². The van der Waals surface area contributed by atoms with Gasteiger partial charge in [0.25, 0.3) is 5.91 Å². The normalized spacial score (nSPS) is 20.0. The fraction of sp³-hybridized carbons (Fsp3) is 0.700. The first-order chi connectivity index (χ1) is 13.2. The molecule has 2 heterocycles. The van der Waals surface area contributed by atoms with E-state index >= 15 is 0 Å². The molecule has 2 aliphatic rings. The second-order valence-electron chi connectivity index (χ2n) is 7.43. The minimum Gasteiger partial charge on any atom is -0.385 e. The van der Waals surface area contributed by atoms with E-state index in [1.807, 2.05) is 22.4 Å². The maximum absolute atomic E-state index is 12.9. The molecular weight excluding hydrogens is 362 g/mol. The first kappa shape index (κ1) is 20.3. The number of carbonyl (C=O) groups is 2. The molecule has 6 nitrogen and oxygen atoms in total. The van der Waals surface area contributed by atoms with Crippen LogP contribution in [0, 0.1) is 5.92 Å². The van der Waals surface area contributed by atoms with Crippen LogP contribution in [-0.4, -0.2) is 74.1 Å². The van der Waals surface area contributed by atoms with E-state index in [4.69, 9.17) is 4.74 Å². The molecule has 0 radical (unpaired) electrons. The lowest BCUT2D eigenvalue weighted by atomic mass is 9.95. The number of rotatable bonds is 8. The van der Waals surface area contributed by atoms with Gasteiger partial charge in [-0.1, -0.05) is 18.9 Å². The number of amides is 2. The lowest BCUT2D eigenvalue weighted by molar-refractivity contribution is -0.129. The number of ether oxygens (including phenoxy) is 1. The fourth-order valence-corrected chi connectivity index (χ4v) is 4.93. The third-order valence-corrected chi connectivity index (χ3v) is 6.52. The highest BCUT2D eigenvalue weighted by molar-refractivity contribution is 7.12. The molecule has 1 aliphatic heterocycles. The molecule has 150 valence electrons. The molecule has 27 heavy (non-hydrogen) atoms.